The molecule has 0 aromatic heterocycles. The Labute approximate surface area is 112 Å². The molecule has 1 amide bonds. The third-order valence-corrected chi connectivity index (χ3v) is 4.26. The van der Waals surface area contributed by atoms with E-state index >= 15 is 0 Å². The summed E-state index contributed by atoms with van der Waals surface area (Å²) in [7, 11) is 0. The maximum atomic E-state index is 12.5. The molecular weight excluding hydrogens is 248 g/mol. The summed E-state index contributed by atoms with van der Waals surface area (Å²) >= 11 is 0. The van der Waals surface area contributed by atoms with Crippen LogP contribution in [0.3, 0.4) is 0 Å². The first-order valence-electron chi connectivity index (χ1n) is 6.89. The summed E-state index contributed by atoms with van der Waals surface area (Å²) in [6.45, 7) is 2.52. The fourth-order valence-corrected chi connectivity index (χ4v) is 2.93. The number of carbonyl (C=O) groups excluding carboxylic acids is 1. The molecule has 6 nitrogen and oxygen atoms in total. The minimum Gasteiger partial charge on any atom is -0.480 e. The molecule has 2 heterocycles. The number of carbonyl (C=O) groups is 2. The molecule has 0 radical (unpaired) electrons. The van der Waals surface area contributed by atoms with Crippen molar-refractivity contribution in [1.29, 1.82) is 0 Å². The second-order valence-corrected chi connectivity index (χ2v) is 5.59. The number of carboxylic acids is 1. The van der Waals surface area contributed by atoms with Crippen molar-refractivity contribution in [2.45, 2.75) is 56.8 Å². The van der Waals surface area contributed by atoms with Gasteiger partial charge in [-0.05, 0) is 39.0 Å². The van der Waals surface area contributed by atoms with Gasteiger partial charge in [0.05, 0.1) is 6.10 Å². The molecule has 2 saturated heterocycles. The molecule has 6 heteroatoms. The number of piperidine rings is 1. The third-order valence-electron chi connectivity index (χ3n) is 4.26. The largest absolute Gasteiger partial charge is 0.480 e. The number of aliphatic carboxylic acids is 1. The average molecular weight is 270 g/mol. The molecule has 0 spiro atoms. The van der Waals surface area contributed by atoms with E-state index in [0.29, 0.717) is 25.9 Å². The quantitative estimate of drug-likeness (QED) is 0.772. The van der Waals surface area contributed by atoms with Crippen LogP contribution in [0.4, 0.5) is 0 Å². The number of likely N-dealkylation sites (tertiary alicyclic amines) is 1. The zero-order valence-electron chi connectivity index (χ0n) is 11.3. The number of carboxylic acid groups (broad SMARTS) is 1. The van der Waals surface area contributed by atoms with E-state index in [-0.39, 0.29) is 12.0 Å². The second kappa shape index (κ2) is 5.46. The summed E-state index contributed by atoms with van der Waals surface area (Å²) in [4.78, 5) is 25.4. The van der Waals surface area contributed by atoms with Crippen LogP contribution < -0.4 is 5.73 Å². The van der Waals surface area contributed by atoms with Crippen molar-refractivity contribution < 1.29 is 19.4 Å². The highest BCUT2D eigenvalue weighted by molar-refractivity contribution is 5.89. The number of hydrogen-bond acceptors (Lipinski definition) is 4. The van der Waals surface area contributed by atoms with Gasteiger partial charge in [0.25, 0.3) is 5.91 Å². The first kappa shape index (κ1) is 14.3. The minimum absolute atomic E-state index is 0.0742. The van der Waals surface area contributed by atoms with E-state index in [1.165, 1.54) is 4.90 Å². The van der Waals surface area contributed by atoms with Gasteiger partial charge in [-0.25, -0.2) is 4.79 Å². The minimum atomic E-state index is -1.10. The topological polar surface area (TPSA) is 92.9 Å². The Hall–Kier alpha value is -1.14. The fraction of sp³-hybridized carbons (Fsp3) is 0.846. The van der Waals surface area contributed by atoms with Crippen LogP contribution in [-0.4, -0.2) is 52.7 Å². The van der Waals surface area contributed by atoms with Gasteiger partial charge in [0.2, 0.25) is 0 Å². The van der Waals surface area contributed by atoms with Gasteiger partial charge in [0.1, 0.15) is 11.6 Å². The van der Waals surface area contributed by atoms with Gasteiger partial charge in [0, 0.05) is 13.1 Å². The van der Waals surface area contributed by atoms with E-state index in [1.54, 1.807) is 6.92 Å². The maximum Gasteiger partial charge on any atom is 0.329 e. The first-order valence-corrected chi connectivity index (χ1v) is 6.89. The van der Waals surface area contributed by atoms with Gasteiger partial charge < -0.3 is 20.5 Å². The zero-order valence-corrected chi connectivity index (χ0v) is 11.3. The van der Waals surface area contributed by atoms with Gasteiger partial charge in [-0.15, -0.1) is 0 Å². The highest BCUT2D eigenvalue weighted by atomic mass is 16.5. The number of nitrogens with zero attached hydrogens (tertiary/aromatic N) is 1. The van der Waals surface area contributed by atoms with Crippen molar-refractivity contribution >= 4 is 11.9 Å². The van der Waals surface area contributed by atoms with Crippen molar-refractivity contribution in [2.24, 2.45) is 5.73 Å². The Kier molecular flexibility index (Phi) is 4.10. The van der Waals surface area contributed by atoms with Gasteiger partial charge in [-0.1, -0.05) is 0 Å². The van der Waals surface area contributed by atoms with Crippen LogP contribution in [0.15, 0.2) is 0 Å². The molecule has 0 aromatic rings. The number of nitrogens with two attached hydrogens (primary N) is 1. The van der Waals surface area contributed by atoms with Crippen LogP contribution >= 0.6 is 0 Å². The van der Waals surface area contributed by atoms with E-state index in [2.05, 4.69) is 0 Å². The standard InChI is InChI=1S/C13H22N2O4/c1-13(12(17)18)6-2-3-7-15(13)11(16)10-5-4-9(8-14)19-10/h9-10H,2-8,14H2,1H3,(H,17,18). The lowest BCUT2D eigenvalue weighted by Gasteiger charge is -2.42. The molecule has 0 aromatic carbocycles. The van der Waals surface area contributed by atoms with E-state index in [0.717, 1.165) is 19.3 Å². The lowest BCUT2D eigenvalue weighted by atomic mass is 9.88. The molecule has 2 aliphatic heterocycles. The number of ether oxygens (including phenoxy) is 1. The molecule has 0 bridgehead atoms. The van der Waals surface area contributed by atoms with Crippen LogP contribution in [0.5, 0.6) is 0 Å². The molecule has 3 unspecified atom stereocenters. The Morgan fingerprint density at radius 1 is 1.42 bits per heavy atom. The Morgan fingerprint density at radius 2 is 2.16 bits per heavy atom. The van der Waals surface area contributed by atoms with Crippen molar-refractivity contribution in [3.8, 4) is 0 Å². The first-order chi connectivity index (χ1) is 8.99. The molecule has 3 atom stereocenters. The van der Waals surface area contributed by atoms with E-state index in [9.17, 15) is 14.7 Å². The lowest BCUT2D eigenvalue weighted by Crippen LogP contribution is -2.59. The summed E-state index contributed by atoms with van der Waals surface area (Å²) < 4.78 is 5.59. The number of amides is 1. The molecule has 2 aliphatic rings. The molecule has 0 aliphatic carbocycles. The monoisotopic (exact) mass is 270 g/mol. The van der Waals surface area contributed by atoms with Gasteiger partial charge in [0.15, 0.2) is 0 Å². The molecule has 0 saturated carbocycles. The predicted molar refractivity (Wildman–Crippen MR) is 68.6 cm³/mol. The van der Waals surface area contributed by atoms with E-state index in [1.807, 2.05) is 0 Å². The highest BCUT2D eigenvalue weighted by Crippen LogP contribution is 2.31. The van der Waals surface area contributed by atoms with Gasteiger partial charge >= 0.3 is 5.97 Å². The van der Waals surface area contributed by atoms with Crippen molar-refractivity contribution in [3.63, 3.8) is 0 Å². The average Bonchev–Trinajstić information content (AvgIpc) is 2.87. The molecule has 2 rings (SSSR count). The number of rotatable bonds is 3. The van der Waals surface area contributed by atoms with Crippen molar-refractivity contribution in [1.82, 2.24) is 4.90 Å². The fourth-order valence-electron chi connectivity index (χ4n) is 2.93. The predicted octanol–water partition coefficient (Wildman–Crippen LogP) is 0.349. The van der Waals surface area contributed by atoms with E-state index < -0.39 is 17.6 Å². The van der Waals surface area contributed by atoms with Gasteiger partial charge in [-0.3, -0.25) is 4.79 Å². The van der Waals surface area contributed by atoms with Crippen LogP contribution in [0, 0.1) is 0 Å². The van der Waals surface area contributed by atoms with E-state index in [4.69, 9.17) is 10.5 Å². The SMILES string of the molecule is CC1(C(=O)O)CCCCN1C(=O)C1CCC(CN)O1. The van der Waals surface area contributed by atoms with Crippen LogP contribution in [0.1, 0.15) is 39.0 Å². The van der Waals surface area contributed by atoms with Crippen molar-refractivity contribution in [3.05, 3.63) is 0 Å². The third kappa shape index (κ3) is 2.60. The van der Waals surface area contributed by atoms with Gasteiger partial charge in [-0.2, -0.15) is 0 Å². The van der Waals surface area contributed by atoms with Crippen LogP contribution in [0.2, 0.25) is 0 Å². The Balaban J connectivity index is 2.10. The van der Waals surface area contributed by atoms with Crippen molar-refractivity contribution in [2.75, 3.05) is 13.1 Å². The summed E-state index contributed by atoms with van der Waals surface area (Å²) in [5, 5.41) is 9.40. The summed E-state index contributed by atoms with van der Waals surface area (Å²) in [5.41, 5.74) is 4.43. The molecule has 3 N–H and O–H groups in total. The maximum absolute atomic E-state index is 12.5. The molecule has 108 valence electrons. The smallest absolute Gasteiger partial charge is 0.329 e. The summed E-state index contributed by atoms with van der Waals surface area (Å²) in [5.74, 6) is -1.13. The zero-order chi connectivity index (χ0) is 14.0. The van der Waals surface area contributed by atoms with Crippen LogP contribution in [0.25, 0.3) is 0 Å². The second-order valence-electron chi connectivity index (χ2n) is 5.59. The number of hydrogen-bond donors (Lipinski definition) is 2. The summed E-state index contributed by atoms with van der Waals surface area (Å²) in [6.07, 6.45) is 2.99. The van der Waals surface area contributed by atoms with Crippen LogP contribution in [-0.2, 0) is 14.3 Å². The molecule has 2 fully saturated rings. The Morgan fingerprint density at radius 3 is 2.74 bits per heavy atom. The Bertz CT molecular complexity index is 374. The normalized spacial score (nSPS) is 35.4. The highest BCUT2D eigenvalue weighted by Gasteiger charge is 2.46. The molecular formula is C13H22N2O4. The summed E-state index contributed by atoms with van der Waals surface area (Å²) in [6, 6.07) is 0. The molecule has 19 heavy (non-hydrogen) atoms. The lowest BCUT2D eigenvalue weighted by molar-refractivity contribution is -0.166.